The van der Waals surface area contributed by atoms with Gasteiger partial charge in [0.2, 0.25) is 0 Å². The molecule has 0 atom stereocenters. The van der Waals surface area contributed by atoms with Gasteiger partial charge >= 0.3 is 0 Å². The summed E-state index contributed by atoms with van der Waals surface area (Å²) in [7, 11) is 1.86. The molecule has 0 fully saturated rings. The molecule has 0 spiro atoms. The van der Waals surface area contributed by atoms with Gasteiger partial charge in [-0.05, 0) is 23.8 Å². The van der Waals surface area contributed by atoms with Crippen LogP contribution in [-0.4, -0.2) is 33.7 Å². The maximum absolute atomic E-state index is 13.3. The molecular formula is C21H21BrN4O2. The molecule has 0 bridgehead atoms. The van der Waals surface area contributed by atoms with Crippen LogP contribution in [0.3, 0.4) is 0 Å². The number of halogens is 1. The van der Waals surface area contributed by atoms with E-state index in [2.05, 4.69) is 21.0 Å². The van der Waals surface area contributed by atoms with Gasteiger partial charge in [0, 0.05) is 42.3 Å². The minimum atomic E-state index is -0.131. The molecular weight excluding hydrogens is 420 g/mol. The van der Waals surface area contributed by atoms with E-state index in [9.17, 15) is 4.79 Å². The molecule has 0 saturated heterocycles. The van der Waals surface area contributed by atoms with Gasteiger partial charge in [-0.25, -0.2) is 0 Å². The topological polar surface area (TPSA) is 73.4 Å². The molecule has 2 N–H and O–H groups in total. The Morgan fingerprint density at radius 2 is 2.07 bits per heavy atom. The van der Waals surface area contributed by atoms with Gasteiger partial charge in [0.25, 0.3) is 5.91 Å². The van der Waals surface area contributed by atoms with E-state index in [1.807, 2.05) is 55.6 Å². The number of ether oxygens (including phenoxy) is 1. The number of benzene rings is 2. The number of fused-ring (bicyclic) bond motifs is 3. The van der Waals surface area contributed by atoms with Gasteiger partial charge in [-0.2, -0.15) is 5.10 Å². The first kappa shape index (κ1) is 18.7. The Morgan fingerprint density at radius 1 is 1.29 bits per heavy atom. The van der Waals surface area contributed by atoms with Crippen LogP contribution >= 0.6 is 15.9 Å². The van der Waals surface area contributed by atoms with Crippen LogP contribution in [0.4, 0.5) is 0 Å². The van der Waals surface area contributed by atoms with Gasteiger partial charge in [0.05, 0.1) is 5.69 Å². The molecule has 1 aromatic heterocycles. The smallest absolute Gasteiger partial charge is 0.275 e. The minimum Gasteiger partial charge on any atom is -0.488 e. The molecule has 0 radical (unpaired) electrons. The number of aryl methyl sites for hydroxylation is 1. The zero-order valence-corrected chi connectivity index (χ0v) is 17.1. The van der Waals surface area contributed by atoms with E-state index in [1.54, 1.807) is 9.58 Å². The predicted octanol–water partition coefficient (Wildman–Crippen LogP) is 3.34. The second kappa shape index (κ2) is 7.77. The Morgan fingerprint density at radius 3 is 2.82 bits per heavy atom. The SMILES string of the molecule is Cn1nc(C(=O)N(CCN)Cc2ccccc2)c2c1-c1cc(Br)ccc1OC2. The van der Waals surface area contributed by atoms with E-state index < -0.39 is 0 Å². The number of amides is 1. The van der Waals surface area contributed by atoms with Crippen LogP contribution in [0, 0.1) is 0 Å². The predicted molar refractivity (Wildman–Crippen MR) is 111 cm³/mol. The number of hydrogen-bond acceptors (Lipinski definition) is 4. The summed E-state index contributed by atoms with van der Waals surface area (Å²) in [4.78, 5) is 15.1. The highest BCUT2D eigenvalue weighted by Gasteiger charge is 2.30. The number of carbonyl (C=O) groups is 1. The highest BCUT2D eigenvalue weighted by Crippen LogP contribution is 2.40. The quantitative estimate of drug-likeness (QED) is 0.659. The summed E-state index contributed by atoms with van der Waals surface area (Å²) in [5.74, 6) is 0.661. The number of carbonyl (C=O) groups excluding carboxylic acids is 1. The number of nitrogens with two attached hydrogens (primary N) is 1. The number of hydrogen-bond donors (Lipinski definition) is 1. The zero-order valence-electron chi connectivity index (χ0n) is 15.6. The van der Waals surface area contributed by atoms with Crippen molar-refractivity contribution in [3.63, 3.8) is 0 Å². The van der Waals surface area contributed by atoms with Crippen molar-refractivity contribution in [1.29, 1.82) is 0 Å². The number of nitrogens with zero attached hydrogens (tertiary/aromatic N) is 3. The summed E-state index contributed by atoms with van der Waals surface area (Å²) >= 11 is 3.51. The largest absolute Gasteiger partial charge is 0.488 e. The van der Waals surface area contributed by atoms with Crippen LogP contribution in [0.2, 0.25) is 0 Å². The van der Waals surface area contributed by atoms with Crippen LogP contribution in [0.25, 0.3) is 11.3 Å². The van der Waals surface area contributed by atoms with E-state index in [0.717, 1.165) is 32.6 Å². The van der Waals surface area contributed by atoms with E-state index >= 15 is 0 Å². The Balaban J connectivity index is 1.71. The van der Waals surface area contributed by atoms with E-state index in [1.165, 1.54) is 0 Å². The lowest BCUT2D eigenvalue weighted by molar-refractivity contribution is 0.0738. The van der Waals surface area contributed by atoms with Crippen molar-refractivity contribution in [1.82, 2.24) is 14.7 Å². The van der Waals surface area contributed by atoms with Crippen LogP contribution in [0.5, 0.6) is 5.75 Å². The van der Waals surface area contributed by atoms with Gasteiger partial charge in [-0.15, -0.1) is 0 Å². The summed E-state index contributed by atoms with van der Waals surface area (Å²) in [5, 5.41) is 4.55. The summed E-state index contributed by atoms with van der Waals surface area (Å²) in [6, 6.07) is 15.7. The minimum absolute atomic E-state index is 0.131. The molecule has 0 aliphatic carbocycles. The third-order valence-electron chi connectivity index (χ3n) is 4.82. The Bertz CT molecular complexity index is 1020. The van der Waals surface area contributed by atoms with Crippen LogP contribution < -0.4 is 10.5 Å². The lowest BCUT2D eigenvalue weighted by atomic mass is 10.0. The van der Waals surface area contributed by atoms with E-state index in [0.29, 0.717) is 31.9 Å². The molecule has 4 rings (SSSR count). The standard InChI is InChI=1S/C21H21BrN4O2/c1-25-20-16-11-15(22)7-8-18(16)28-13-17(20)19(24-25)21(27)26(10-9-23)12-14-5-3-2-4-6-14/h2-8,11H,9-10,12-13,23H2,1H3. The van der Waals surface area contributed by atoms with Crippen molar-refractivity contribution in [2.75, 3.05) is 13.1 Å². The van der Waals surface area contributed by atoms with Gasteiger partial charge < -0.3 is 15.4 Å². The van der Waals surface area contributed by atoms with Crippen molar-refractivity contribution < 1.29 is 9.53 Å². The maximum Gasteiger partial charge on any atom is 0.275 e. The molecule has 3 aromatic rings. The summed E-state index contributed by atoms with van der Waals surface area (Å²) in [6.07, 6.45) is 0. The first-order chi connectivity index (χ1) is 13.6. The first-order valence-corrected chi connectivity index (χ1v) is 9.89. The summed E-state index contributed by atoms with van der Waals surface area (Å²) in [5.41, 5.74) is 9.91. The zero-order chi connectivity index (χ0) is 19.7. The molecule has 2 heterocycles. The Labute approximate surface area is 172 Å². The molecule has 0 saturated carbocycles. The van der Waals surface area contributed by atoms with E-state index in [4.69, 9.17) is 10.5 Å². The number of rotatable bonds is 5. The van der Waals surface area contributed by atoms with Crippen LogP contribution in [0.15, 0.2) is 53.0 Å². The fourth-order valence-electron chi connectivity index (χ4n) is 3.54. The third kappa shape index (κ3) is 3.43. The molecule has 1 amide bonds. The monoisotopic (exact) mass is 440 g/mol. The van der Waals surface area contributed by atoms with Gasteiger partial charge in [0.15, 0.2) is 5.69 Å². The van der Waals surface area contributed by atoms with Crippen LogP contribution in [-0.2, 0) is 20.2 Å². The van der Waals surface area contributed by atoms with Gasteiger partial charge in [-0.1, -0.05) is 46.3 Å². The van der Waals surface area contributed by atoms with Gasteiger partial charge in [0.1, 0.15) is 12.4 Å². The fourth-order valence-corrected chi connectivity index (χ4v) is 3.90. The Hall–Kier alpha value is -2.64. The third-order valence-corrected chi connectivity index (χ3v) is 5.31. The van der Waals surface area contributed by atoms with Crippen molar-refractivity contribution in [2.24, 2.45) is 12.8 Å². The highest BCUT2D eigenvalue weighted by molar-refractivity contribution is 9.10. The Kier molecular flexibility index (Phi) is 5.19. The maximum atomic E-state index is 13.3. The van der Waals surface area contributed by atoms with Crippen molar-refractivity contribution in [3.05, 3.63) is 69.8 Å². The van der Waals surface area contributed by atoms with E-state index in [-0.39, 0.29) is 5.91 Å². The average molecular weight is 441 g/mol. The molecule has 7 heteroatoms. The molecule has 144 valence electrons. The van der Waals surface area contributed by atoms with Crippen LogP contribution in [0.1, 0.15) is 21.6 Å². The first-order valence-electron chi connectivity index (χ1n) is 9.10. The molecule has 1 aliphatic heterocycles. The van der Waals surface area contributed by atoms with Crippen molar-refractivity contribution in [3.8, 4) is 17.0 Å². The lowest BCUT2D eigenvalue weighted by Gasteiger charge is -2.23. The molecule has 28 heavy (non-hydrogen) atoms. The molecule has 1 aliphatic rings. The molecule has 6 nitrogen and oxygen atoms in total. The average Bonchev–Trinajstić information content (AvgIpc) is 3.05. The second-order valence-electron chi connectivity index (χ2n) is 6.73. The highest BCUT2D eigenvalue weighted by atomic mass is 79.9. The molecule has 0 unspecified atom stereocenters. The summed E-state index contributed by atoms with van der Waals surface area (Å²) in [6.45, 7) is 1.66. The second-order valence-corrected chi connectivity index (χ2v) is 7.65. The van der Waals surface area contributed by atoms with Gasteiger partial charge in [-0.3, -0.25) is 9.48 Å². The normalized spacial score (nSPS) is 12.1. The number of aromatic nitrogens is 2. The lowest BCUT2D eigenvalue weighted by Crippen LogP contribution is -2.35. The molecule has 2 aromatic carbocycles. The summed E-state index contributed by atoms with van der Waals surface area (Å²) < 4.78 is 8.61. The van der Waals surface area contributed by atoms with Crippen molar-refractivity contribution >= 4 is 21.8 Å². The van der Waals surface area contributed by atoms with Crippen molar-refractivity contribution in [2.45, 2.75) is 13.2 Å². The fraction of sp³-hybridized carbons (Fsp3) is 0.238.